The molecule has 0 aliphatic heterocycles. The van der Waals surface area contributed by atoms with Gasteiger partial charge in [-0.25, -0.2) is 8.42 Å². The number of sulfonamides is 1. The van der Waals surface area contributed by atoms with Crippen molar-refractivity contribution in [1.29, 1.82) is 0 Å². The molecule has 120 valence electrons. The fraction of sp³-hybridized carbons (Fsp3) is 0.125. The van der Waals surface area contributed by atoms with Crippen molar-refractivity contribution in [1.82, 2.24) is 4.31 Å². The zero-order valence-corrected chi connectivity index (χ0v) is 15.3. The molecule has 0 amide bonds. The molecule has 0 aliphatic rings. The van der Waals surface area contributed by atoms with E-state index in [4.69, 9.17) is 11.6 Å². The van der Waals surface area contributed by atoms with Crippen LogP contribution in [0.4, 0.5) is 0 Å². The molecule has 0 fully saturated rings. The molecule has 3 nitrogen and oxygen atoms in total. The molecule has 0 saturated heterocycles. The first-order valence-corrected chi connectivity index (χ1v) is 10.4. The lowest BCUT2D eigenvalue weighted by atomic mass is 10.4. The Bertz CT molecular complexity index is 822. The lowest BCUT2D eigenvalue weighted by molar-refractivity contribution is 0.407. The van der Waals surface area contributed by atoms with Crippen molar-refractivity contribution in [3.8, 4) is 0 Å². The standard InChI is InChI=1S/C16H14ClNO2S3/c17-15-7-1-2-8-16(15)23(19,20)18(11-13-5-3-9-21-13)12-14-6-4-10-22-14/h1-10H,11-12H2. The Balaban J connectivity index is 1.98. The Morgan fingerprint density at radius 1 is 0.870 bits per heavy atom. The summed E-state index contributed by atoms with van der Waals surface area (Å²) in [6.45, 7) is 0.673. The minimum atomic E-state index is -3.67. The van der Waals surface area contributed by atoms with Gasteiger partial charge in [-0.05, 0) is 35.0 Å². The van der Waals surface area contributed by atoms with Crippen LogP contribution in [0.5, 0.6) is 0 Å². The monoisotopic (exact) mass is 383 g/mol. The van der Waals surface area contributed by atoms with Crippen LogP contribution in [-0.2, 0) is 23.1 Å². The third-order valence-corrected chi connectivity index (χ3v) is 7.29. The Morgan fingerprint density at radius 3 is 1.91 bits per heavy atom. The molecule has 0 atom stereocenters. The predicted octanol–water partition coefficient (Wildman–Crippen LogP) is 4.85. The SMILES string of the molecule is O=S(=O)(c1ccccc1Cl)N(Cc1cccs1)Cc1cccs1. The maximum Gasteiger partial charge on any atom is 0.245 e. The van der Waals surface area contributed by atoms with E-state index in [0.717, 1.165) is 9.75 Å². The van der Waals surface area contributed by atoms with Gasteiger partial charge in [0.25, 0.3) is 0 Å². The lowest BCUT2D eigenvalue weighted by Gasteiger charge is -2.21. The Morgan fingerprint density at radius 2 is 1.43 bits per heavy atom. The fourth-order valence-corrected chi connectivity index (χ4v) is 5.66. The van der Waals surface area contributed by atoms with Gasteiger partial charge in [-0.15, -0.1) is 22.7 Å². The van der Waals surface area contributed by atoms with Crippen LogP contribution in [0.25, 0.3) is 0 Å². The lowest BCUT2D eigenvalue weighted by Crippen LogP contribution is -2.29. The summed E-state index contributed by atoms with van der Waals surface area (Å²) in [4.78, 5) is 2.14. The van der Waals surface area contributed by atoms with E-state index in [1.807, 2.05) is 35.0 Å². The molecule has 0 radical (unpaired) electrons. The third kappa shape index (κ3) is 3.84. The van der Waals surface area contributed by atoms with Gasteiger partial charge in [0.1, 0.15) is 4.90 Å². The van der Waals surface area contributed by atoms with E-state index >= 15 is 0 Å². The highest BCUT2D eigenvalue weighted by atomic mass is 35.5. The van der Waals surface area contributed by atoms with Gasteiger partial charge >= 0.3 is 0 Å². The summed E-state index contributed by atoms with van der Waals surface area (Å²) in [5.74, 6) is 0. The Labute approximate surface area is 148 Å². The highest BCUT2D eigenvalue weighted by molar-refractivity contribution is 7.89. The second-order valence-corrected chi connectivity index (χ2v) is 9.24. The number of hydrogen-bond donors (Lipinski definition) is 0. The van der Waals surface area contributed by atoms with Crippen molar-refractivity contribution in [3.63, 3.8) is 0 Å². The molecule has 2 aromatic heterocycles. The quantitative estimate of drug-likeness (QED) is 0.609. The fourth-order valence-electron chi connectivity index (χ4n) is 2.17. The van der Waals surface area contributed by atoms with Crippen molar-refractivity contribution < 1.29 is 8.42 Å². The summed E-state index contributed by atoms with van der Waals surface area (Å²) < 4.78 is 27.6. The van der Waals surface area contributed by atoms with E-state index < -0.39 is 10.0 Å². The van der Waals surface area contributed by atoms with Gasteiger partial charge in [-0.1, -0.05) is 35.9 Å². The Kier molecular flexibility index (Phi) is 5.18. The molecule has 1 aromatic carbocycles. The average Bonchev–Trinajstić information content (AvgIpc) is 3.20. The minimum absolute atomic E-state index is 0.148. The molecule has 3 rings (SSSR count). The van der Waals surface area contributed by atoms with Crippen LogP contribution >= 0.6 is 34.3 Å². The predicted molar refractivity (Wildman–Crippen MR) is 96.5 cm³/mol. The summed E-state index contributed by atoms with van der Waals surface area (Å²) in [6.07, 6.45) is 0. The first-order chi connectivity index (χ1) is 11.1. The van der Waals surface area contributed by atoms with Crippen LogP contribution in [0.3, 0.4) is 0 Å². The molecule has 0 N–H and O–H groups in total. The van der Waals surface area contributed by atoms with E-state index in [-0.39, 0.29) is 9.92 Å². The number of nitrogens with zero attached hydrogens (tertiary/aromatic N) is 1. The topological polar surface area (TPSA) is 37.4 Å². The number of benzene rings is 1. The molecular weight excluding hydrogens is 370 g/mol. The van der Waals surface area contributed by atoms with Crippen molar-refractivity contribution in [2.24, 2.45) is 0 Å². The largest absolute Gasteiger partial charge is 0.245 e. The van der Waals surface area contributed by atoms with E-state index in [0.29, 0.717) is 13.1 Å². The summed E-state index contributed by atoms with van der Waals surface area (Å²) in [5.41, 5.74) is 0. The molecule has 0 aliphatic carbocycles. The van der Waals surface area contributed by atoms with Crippen LogP contribution in [-0.4, -0.2) is 12.7 Å². The van der Waals surface area contributed by atoms with Crippen molar-refractivity contribution in [2.45, 2.75) is 18.0 Å². The van der Waals surface area contributed by atoms with Crippen molar-refractivity contribution in [3.05, 3.63) is 74.1 Å². The van der Waals surface area contributed by atoms with Gasteiger partial charge in [-0.2, -0.15) is 4.31 Å². The van der Waals surface area contributed by atoms with Gasteiger partial charge in [-0.3, -0.25) is 0 Å². The highest BCUT2D eigenvalue weighted by Crippen LogP contribution is 2.28. The Hall–Kier alpha value is -1.18. The van der Waals surface area contributed by atoms with Gasteiger partial charge in [0, 0.05) is 22.8 Å². The van der Waals surface area contributed by atoms with Crippen LogP contribution in [0.2, 0.25) is 5.02 Å². The summed E-state index contributed by atoms with van der Waals surface area (Å²) >= 11 is 9.20. The second-order valence-electron chi connectivity index (χ2n) is 4.86. The number of thiophene rings is 2. The maximum atomic E-state index is 13.1. The first kappa shape index (κ1) is 16.7. The second kappa shape index (κ2) is 7.15. The van der Waals surface area contributed by atoms with E-state index in [1.54, 1.807) is 46.9 Å². The highest BCUT2D eigenvalue weighted by Gasteiger charge is 2.27. The summed E-state index contributed by atoms with van der Waals surface area (Å²) in [5, 5.41) is 4.14. The minimum Gasteiger partial charge on any atom is -0.207 e. The number of rotatable bonds is 6. The molecular formula is C16H14ClNO2S3. The van der Waals surface area contributed by atoms with E-state index in [1.165, 1.54) is 4.31 Å². The smallest absolute Gasteiger partial charge is 0.207 e. The van der Waals surface area contributed by atoms with Crippen LogP contribution < -0.4 is 0 Å². The van der Waals surface area contributed by atoms with Crippen LogP contribution in [0.1, 0.15) is 9.75 Å². The molecule has 7 heteroatoms. The molecule has 3 aromatic rings. The molecule has 0 spiro atoms. The molecule has 2 heterocycles. The molecule has 0 saturated carbocycles. The van der Waals surface area contributed by atoms with Gasteiger partial charge in [0.2, 0.25) is 10.0 Å². The van der Waals surface area contributed by atoms with E-state index in [2.05, 4.69) is 0 Å². The third-order valence-electron chi connectivity index (χ3n) is 3.28. The maximum absolute atomic E-state index is 13.1. The van der Waals surface area contributed by atoms with Gasteiger partial charge < -0.3 is 0 Å². The average molecular weight is 384 g/mol. The molecule has 0 bridgehead atoms. The summed E-state index contributed by atoms with van der Waals surface area (Å²) in [7, 11) is -3.67. The number of halogens is 1. The zero-order chi connectivity index (χ0) is 16.3. The number of hydrogen-bond acceptors (Lipinski definition) is 4. The molecule has 23 heavy (non-hydrogen) atoms. The normalized spacial score (nSPS) is 11.9. The van der Waals surface area contributed by atoms with E-state index in [9.17, 15) is 8.42 Å². The van der Waals surface area contributed by atoms with Gasteiger partial charge in [0.05, 0.1) is 5.02 Å². The summed E-state index contributed by atoms with van der Waals surface area (Å²) in [6, 6.07) is 14.3. The molecule has 0 unspecified atom stereocenters. The zero-order valence-electron chi connectivity index (χ0n) is 12.1. The van der Waals surface area contributed by atoms with Crippen molar-refractivity contribution >= 4 is 44.3 Å². The van der Waals surface area contributed by atoms with Crippen molar-refractivity contribution in [2.75, 3.05) is 0 Å². The van der Waals surface area contributed by atoms with Gasteiger partial charge in [0.15, 0.2) is 0 Å². The first-order valence-electron chi connectivity index (χ1n) is 6.87. The van der Waals surface area contributed by atoms with Crippen LogP contribution in [0, 0.1) is 0 Å². The van der Waals surface area contributed by atoms with Crippen LogP contribution in [0.15, 0.2) is 64.2 Å².